The summed E-state index contributed by atoms with van der Waals surface area (Å²) in [6, 6.07) is 9.56. The van der Waals surface area contributed by atoms with Crippen LogP contribution in [0.1, 0.15) is 10.4 Å². The Balaban J connectivity index is 1.99. The molecule has 0 unspecified atom stereocenters. The Kier molecular flexibility index (Phi) is 8.39. The van der Waals surface area contributed by atoms with Gasteiger partial charge in [0.05, 0.1) is 41.7 Å². The number of phenolic OH excluding ortho intramolecular Hbond substituents is 1. The number of halogens is 4. The van der Waals surface area contributed by atoms with E-state index in [4.69, 9.17) is 35.4 Å². The van der Waals surface area contributed by atoms with Crippen molar-refractivity contribution < 1.29 is 15.0 Å². The second-order valence-corrected chi connectivity index (χ2v) is 10.4. The highest BCUT2D eigenvalue weighted by molar-refractivity contribution is 14.1. The zero-order valence-electron chi connectivity index (χ0n) is 17.7. The lowest BCUT2D eigenvalue weighted by atomic mass is 10.2. The quantitative estimate of drug-likeness (QED) is 0.174. The molecule has 0 aliphatic carbocycles. The van der Waals surface area contributed by atoms with Gasteiger partial charge in [-0.2, -0.15) is 0 Å². The lowest BCUT2D eigenvalue weighted by Gasteiger charge is -2.33. The fourth-order valence-corrected chi connectivity index (χ4v) is 6.08. The van der Waals surface area contributed by atoms with Crippen molar-refractivity contribution >= 4 is 115 Å². The van der Waals surface area contributed by atoms with Gasteiger partial charge < -0.3 is 10.2 Å². The molecule has 0 aliphatic heterocycles. The number of para-hydroxylation sites is 2. The van der Waals surface area contributed by atoms with Crippen LogP contribution in [-0.2, 0) is 0 Å². The summed E-state index contributed by atoms with van der Waals surface area (Å²) in [5.74, 6) is -0.675. The monoisotopic (exact) mass is 764 g/mol. The second-order valence-electron chi connectivity index (χ2n) is 6.94. The number of carbonyl (C=O) groups is 1. The Morgan fingerprint density at radius 3 is 1.92 bits per heavy atom. The molecule has 0 atom stereocenters. The molecule has 2 aromatic heterocycles. The van der Waals surface area contributed by atoms with Gasteiger partial charge in [0.15, 0.2) is 16.7 Å². The predicted octanol–water partition coefficient (Wildman–Crippen LogP) is 6.45. The summed E-state index contributed by atoms with van der Waals surface area (Å²) in [7, 11) is 0. The molecule has 0 fully saturated rings. The number of thiocarbonyl (C=S) groups is 1. The van der Waals surface area contributed by atoms with E-state index < -0.39 is 5.97 Å². The zero-order valence-corrected chi connectivity index (χ0v) is 24.3. The van der Waals surface area contributed by atoms with Gasteiger partial charge >= 0.3 is 5.97 Å². The fraction of sp³-hybridized carbons (Fsp3) is 0. The van der Waals surface area contributed by atoms with Gasteiger partial charge in [0.25, 0.3) is 0 Å². The van der Waals surface area contributed by atoms with Gasteiger partial charge in [0.1, 0.15) is 16.1 Å². The first kappa shape index (κ1) is 26.7. The molecule has 182 valence electrons. The van der Waals surface area contributed by atoms with Crippen LogP contribution in [0.2, 0.25) is 10.3 Å². The Morgan fingerprint density at radius 2 is 1.42 bits per heavy atom. The third-order valence-corrected chi connectivity index (χ3v) is 7.01. The van der Waals surface area contributed by atoms with E-state index in [2.05, 4.69) is 19.9 Å². The highest BCUT2D eigenvalue weighted by atomic mass is 127. The maximum atomic E-state index is 11.6. The van der Waals surface area contributed by atoms with E-state index in [1.54, 1.807) is 23.1 Å². The van der Waals surface area contributed by atoms with Crippen molar-refractivity contribution in [3.05, 3.63) is 84.2 Å². The van der Waals surface area contributed by atoms with E-state index in [9.17, 15) is 15.0 Å². The van der Waals surface area contributed by atoms with Crippen molar-refractivity contribution in [2.45, 2.75) is 0 Å². The number of rotatable bonds is 5. The fourth-order valence-electron chi connectivity index (χ4n) is 3.17. The van der Waals surface area contributed by atoms with Crippen molar-refractivity contribution in [1.29, 1.82) is 0 Å². The van der Waals surface area contributed by atoms with Gasteiger partial charge in [0.2, 0.25) is 0 Å². The average molecular weight is 765 g/mol. The number of benzene rings is 2. The zero-order chi connectivity index (χ0) is 26.0. The predicted molar refractivity (Wildman–Crippen MR) is 158 cm³/mol. The summed E-state index contributed by atoms with van der Waals surface area (Å²) in [4.78, 5) is 31.7. The van der Waals surface area contributed by atoms with Crippen molar-refractivity contribution in [2.24, 2.45) is 0 Å². The molecule has 0 bridgehead atoms. The number of hydrogen-bond acceptors (Lipinski definition) is 7. The van der Waals surface area contributed by atoms with Gasteiger partial charge in [-0.1, -0.05) is 35.3 Å². The number of nitrogens with zero attached hydrogens (tertiary/aromatic N) is 6. The van der Waals surface area contributed by atoms with E-state index in [0.717, 1.165) is 0 Å². The van der Waals surface area contributed by atoms with Crippen LogP contribution in [0.5, 0.6) is 5.75 Å². The molecule has 0 saturated carbocycles. The molecule has 36 heavy (non-hydrogen) atoms. The molecule has 0 radical (unpaired) electrons. The number of hydrogen-bond donors (Lipinski definition) is 2. The molecule has 0 aliphatic rings. The number of aromatic nitrogens is 4. The van der Waals surface area contributed by atoms with Crippen molar-refractivity contribution in [3.8, 4) is 5.75 Å². The Bertz CT molecular complexity index is 1470. The maximum absolute atomic E-state index is 11.6. The summed E-state index contributed by atoms with van der Waals surface area (Å²) in [5, 5.41) is 20.5. The topological polar surface area (TPSA) is 116 Å². The molecule has 0 saturated heterocycles. The number of aromatic hydroxyl groups is 1. The third kappa shape index (κ3) is 5.61. The third-order valence-electron chi connectivity index (χ3n) is 4.64. The molecule has 0 amide bonds. The smallest absolute Gasteiger partial charge is 0.335 e. The first-order valence-corrected chi connectivity index (χ1v) is 13.1. The summed E-state index contributed by atoms with van der Waals surface area (Å²) < 4.78 is 1.13. The molecular formula is C22H12Cl2I2N6O3S. The van der Waals surface area contributed by atoms with Crippen LogP contribution in [0, 0.1) is 7.14 Å². The summed E-state index contributed by atoms with van der Waals surface area (Å²) in [5.41, 5.74) is 0.929. The first-order chi connectivity index (χ1) is 17.2. The number of aromatic carboxylic acids is 1. The Labute approximate surface area is 247 Å². The minimum atomic E-state index is -1.07. The van der Waals surface area contributed by atoms with E-state index in [1.807, 2.05) is 45.2 Å². The summed E-state index contributed by atoms with van der Waals surface area (Å²) in [6.45, 7) is 0. The van der Waals surface area contributed by atoms with Crippen LogP contribution < -0.4 is 9.80 Å². The van der Waals surface area contributed by atoms with Gasteiger partial charge in [0, 0.05) is 7.14 Å². The van der Waals surface area contributed by atoms with E-state index in [0.29, 0.717) is 18.5 Å². The lowest BCUT2D eigenvalue weighted by molar-refractivity contribution is 0.0696. The van der Waals surface area contributed by atoms with Gasteiger partial charge in [-0.25, -0.2) is 14.8 Å². The molecule has 14 heteroatoms. The van der Waals surface area contributed by atoms with Crippen LogP contribution in [0.3, 0.4) is 0 Å². The molecule has 2 aromatic carbocycles. The lowest BCUT2D eigenvalue weighted by Crippen LogP contribution is -2.40. The molecule has 0 spiro atoms. The number of phenols is 1. The summed E-state index contributed by atoms with van der Waals surface area (Å²) in [6.07, 6.45) is 5.64. The SMILES string of the molecule is O=C(O)c1cc(I)c(N(C(=S)N(c2cncc(Cl)n2)c2ccccc2O)c2cncc(Cl)n2)c(I)c1. The van der Waals surface area contributed by atoms with Gasteiger partial charge in [-0.05, 0) is 81.7 Å². The normalized spacial score (nSPS) is 10.7. The van der Waals surface area contributed by atoms with E-state index in [1.165, 1.54) is 47.9 Å². The minimum absolute atomic E-state index is 0.0793. The molecule has 4 rings (SSSR count). The maximum Gasteiger partial charge on any atom is 0.335 e. The number of carboxylic acids is 1. The van der Waals surface area contributed by atoms with Crippen molar-refractivity contribution in [3.63, 3.8) is 0 Å². The summed E-state index contributed by atoms with van der Waals surface area (Å²) >= 11 is 22.3. The highest BCUT2D eigenvalue weighted by Gasteiger charge is 2.30. The molecule has 2 heterocycles. The standard InChI is InChI=1S/C22H12Cl2I2N6O3S/c23-16-7-27-9-18(29-16)31(14-3-1-2-4-15(14)33)22(36)32(19-10-28-8-17(24)30-19)20-12(25)5-11(21(34)35)6-13(20)26/h1-10,33H,(H,34,35). The molecule has 9 nitrogen and oxygen atoms in total. The van der Waals surface area contributed by atoms with Crippen LogP contribution >= 0.6 is 80.6 Å². The molecule has 2 N–H and O–H groups in total. The first-order valence-electron chi connectivity index (χ1n) is 9.77. The van der Waals surface area contributed by atoms with Crippen LogP contribution in [0.15, 0.2) is 61.2 Å². The Morgan fingerprint density at radius 1 is 0.889 bits per heavy atom. The largest absolute Gasteiger partial charge is 0.506 e. The van der Waals surface area contributed by atoms with Crippen LogP contribution in [-0.4, -0.2) is 41.2 Å². The van der Waals surface area contributed by atoms with Crippen LogP contribution in [0.4, 0.5) is 23.0 Å². The van der Waals surface area contributed by atoms with E-state index in [-0.39, 0.29) is 38.4 Å². The van der Waals surface area contributed by atoms with Crippen molar-refractivity contribution in [1.82, 2.24) is 19.9 Å². The average Bonchev–Trinajstić information content (AvgIpc) is 2.82. The van der Waals surface area contributed by atoms with Gasteiger partial charge in [-0.3, -0.25) is 19.8 Å². The number of anilines is 4. The second kappa shape index (κ2) is 11.3. The van der Waals surface area contributed by atoms with Crippen molar-refractivity contribution in [2.75, 3.05) is 9.80 Å². The minimum Gasteiger partial charge on any atom is -0.506 e. The highest BCUT2D eigenvalue weighted by Crippen LogP contribution is 2.39. The number of carboxylic acid groups (broad SMARTS) is 1. The van der Waals surface area contributed by atoms with E-state index >= 15 is 0 Å². The molecular weight excluding hydrogens is 753 g/mol. The molecule has 4 aromatic rings. The van der Waals surface area contributed by atoms with Gasteiger partial charge in [-0.15, -0.1) is 0 Å². The van der Waals surface area contributed by atoms with Crippen LogP contribution in [0.25, 0.3) is 0 Å². The Hall–Kier alpha value is -2.40.